The fourth-order valence-electron chi connectivity index (χ4n) is 3.23. The Morgan fingerprint density at radius 2 is 1.93 bits per heavy atom. The van der Waals surface area contributed by atoms with E-state index in [2.05, 4.69) is 10.4 Å². The van der Waals surface area contributed by atoms with Gasteiger partial charge in [0.25, 0.3) is 5.91 Å². The lowest BCUT2D eigenvalue weighted by atomic mass is 9.99. The van der Waals surface area contributed by atoms with Crippen molar-refractivity contribution < 1.29 is 22.7 Å². The molecule has 3 aromatic rings. The van der Waals surface area contributed by atoms with Gasteiger partial charge in [0, 0.05) is 12.3 Å². The molecule has 0 spiro atoms. The number of hydrogen-bond donors (Lipinski definition) is 1. The van der Waals surface area contributed by atoms with Crippen LogP contribution in [0, 0.1) is 5.82 Å². The molecule has 1 heterocycles. The van der Waals surface area contributed by atoms with Gasteiger partial charge in [0.15, 0.2) is 0 Å². The molecule has 0 aliphatic carbocycles. The van der Waals surface area contributed by atoms with Crippen LogP contribution in [0.5, 0.6) is 5.75 Å². The van der Waals surface area contributed by atoms with Crippen LogP contribution in [-0.2, 0) is 4.79 Å². The highest BCUT2D eigenvalue weighted by molar-refractivity contribution is 5.83. The number of aromatic nitrogens is 2. The standard InChI is InChI=1S/C21H22F3N3O2/c1-4-29-17-8-5-14(6-9-17)19(13(2)26-20(28)21(3,23)24)27-18-10-7-16(22)11-15(18)12-25-27/h5-13,19H,4H2,1-3H3,(H,26,28)/t13-,19-/m0/s1. The summed E-state index contributed by atoms with van der Waals surface area (Å²) in [5.41, 5.74) is 1.35. The second-order valence-electron chi connectivity index (χ2n) is 6.89. The molecule has 0 aliphatic heterocycles. The molecule has 0 saturated heterocycles. The second kappa shape index (κ2) is 8.14. The Balaban J connectivity index is 2.04. The van der Waals surface area contributed by atoms with Crippen LogP contribution < -0.4 is 10.1 Å². The number of hydrogen-bond acceptors (Lipinski definition) is 3. The Bertz CT molecular complexity index is 997. The van der Waals surface area contributed by atoms with E-state index in [1.165, 1.54) is 18.3 Å². The SMILES string of the molecule is CCOc1ccc([C@H]([C@H](C)NC(=O)C(C)(F)F)n2ncc3cc(F)ccc32)cc1. The van der Waals surface area contributed by atoms with E-state index in [9.17, 15) is 18.0 Å². The van der Waals surface area contributed by atoms with Gasteiger partial charge in [-0.2, -0.15) is 13.9 Å². The van der Waals surface area contributed by atoms with Crippen LogP contribution in [0.3, 0.4) is 0 Å². The van der Waals surface area contributed by atoms with Gasteiger partial charge in [0.05, 0.1) is 30.4 Å². The highest BCUT2D eigenvalue weighted by Crippen LogP contribution is 2.29. The second-order valence-corrected chi connectivity index (χ2v) is 6.89. The predicted octanol–water partition coefficient (Wildman–Crippen LogP) is 4.32. The van der Waals surface area contributed by atoms with E-state index in [1.807, 2.05) is 6.92 Å². The number of benzene rings is 2. The van der Waals surface area contributed by atoms with Crippen molar-refractivity contribution in [1.29, 1.82) is 0 Å². The maximum absolute atomic E-state index is 13.6. The van der Waals surface area contributed by atoms with Gasteiger partial charge in [0.1, 0.15) is 11.6 Å². The maximum atomic E-state index is 13.6. The molecule has 29 heavy (non-hydrogen) atoms. The molecule has 0 radical (unpaired) electrons. The van der Waals surface area contributed by atoms with Gasteiger partial charge in [-0.25, -0.2) is 4.39 Å². The number of amides is 1. The fourth-order valence-corrected chi connectivity index (χ4v) is 3.23. The lowest BCUT2D eigenvalue weighted by Gasteiger charge is -2.27. The molecule has 1 amide bonds. The number of carbonyl (C=O) groups excluding carboxylic acids is 1. The van der Waals surface area contributed by atoms with Crippen LogP contribution in [0.1, 0.15) is 32.4 Å². The van der Waals surface area contributed by atoms with Crippen LogP contribution in [0.25, 0.3) is 10.9 Å². The number of alkyl halides is 2. The van der Waals surface area contributed by atoms with Crippen molar-refractivity contribution in [3.63, 3.8) is 0 Å². The van der Waals surface area contributed by atoms with Crippen LogP contribution >= 0.6 is 0 Å². The van der Waals surface area contributed by atoms with Gasteiger partial charge < -0.3 is 10.1 Å². The van der Waals surface area contributed by atoms with Crippen LogP contribution in [0.4, 0.5) is 13.2 Å². The molecular weight excluding hydrogens is 383 g/mol. The summed E-state index contributed by atoms with van der Waals surface area (Å²) in [5, 5.41) is 7.28. The first kappa shape index (κ1) is 20.7. The Labute approximate surface area is 166 Å². The van der Waals surface area contributed by atoms with Gasteiger partial charge >= 0.3 is 5.92 Å². The van der Waals surface area contributed by atoms with Crippen molar-refractivity contribution in [1.82, 2.24) is 15.1 Å². The highest BCUT2D eigenvalue weighted by Gasteiger charge is 2.35. The Kier molecular flexibility index (Phi) is 5.81. The molecule has 3 rings (SSSR count). The number of nitrogens with one attached hydrogen (secondary N) is 1. The largest absolute Gasteiger partial charge is 0.494 e. The van der Waals surface area contributed by atoms with Crippen molar-refractivity contribution in [3.8, 4) is 5.75 Å². The Morgan fingerprint density at radius 3 is 2.55 bits per heavy atom. The molecule has 1 aromatic heterocycles. The zero-order valence-electron chi connectivity index (χ0n) is 16.3. The third-order valence-corrected chi connectivity index (χ3v) is 4.58. The predicted molar refractivity (Wildman–Crippen MR) is 104 cm³/mol. The zero-order chi connectivity index (χ0) is 21.2. The highest BCUT2D eigenvalue weighted by atomic mass is 19.3. The average molecular weight is 405 g/mol. The summed E-state index contributed by atoms with van der Waals surface area (Å²) in [6.45, 7) is 4.55. The van der Waals surface area contributed by atoms with E-state index in [0.29, 0.717) is 30.2 Å². The minimum atomic E-state index is -3.51. The minimum Gasteiger partial charge on any atom is -0.494 e. The molecule has 1 N–H and O–H groups in total. The van der Waals surface area contributed by atoms with Gasteiger partial charge in [0.2, 0.25) is 0 Å². The van der Waals surface area contributed by atoms with E-state index < -0.39 is 29.7 Å². The normalized spacial score (nSPS) is 13.9. The molecule has 0 aliphatic rings. The quantitative estimate of drug-likeness (QED) is 0.637. The topological polar surface area (TPSA) is 56.1 Å². The smallest absolute Gasteiger partial charge is 0.321 e. The van der Waals surface area contributed by atoms with E-state index in [0.717, 1.165) is 5.56 Å². The zero-order valence-corrected chi connectivity index (χ0v) is 16.3. The van der Waals surface area contributed by atoms with E-state index in [1.54, 1.807) is 41.9 Å². The van der Waals surface area contributed by atoms with Gasteiger partial charge in [-0.05, 0) is 49.7 Å². The third kappa shape index (κ3) is 4.52. The summed E-state index contributed by atoms with van der Waals surface area (Å²) in [6, 6.07) is 10.0. The van der Waals surface area contributed by atoms with E-state index in [4.69, 9.17) is 4.74 Å². The molecule has 0 fully saturated rings. The number of nitrogens with zero attached hydrogens (tertiary/aromatic N) is 2. The van der Waals surface area contributed by atoms with E-state index in [-0.39, 0.29) is 0 Å². The fraction of sp³-hybridized carbons (Fsp3) is 0.333. The van der Waals surface area contributed by atoms with Crippen LogP contribution in [0.15, 0.2) is 48.7 Å². The summed E-state index contributed by atoms with van der Waals surface area (Å²) >= 11 is 0. The number of ether oxygens (including phenoxy) is 1. The van der Waals surface area contributed by atoms with Crippen molar-refractivity contribution in [2.45, 2.75) is 38.8 Å². The summed E-state index contributed by atoms with van der Waals surface area (Å²) in [5.74, 6) is -4.61. The number of halogens is 3. The van der Waals surface area contributed by atoms with Crippen molar-refractivity contribution in [3.05, 3.63) is 60.0 Å². The molecule has 0 bridgehead atoms. The van der Waals surface area contributed by atoms with Gasteiger partial charge in [-0.15, -0.1) is 0 Å². The maximum Gasteiger partial charge on any atom is 0.321 e. The lowest BCUT2D eigenvalue weighted by Crippen LogP contribution is -2.46. The van der Waals surface area contributed by atoms with Gasteiger partial charge in [-0.3, -0.25) is 9.48 Å². The van der Waals surface area contributed by atoms with E-state index >= 15 is 0 Å². The van der Waals surface area contributed by atoms with Crippen molar-refractivity contribution >= 4 is 16.8 Å². The third-order valence-electron chi connectivity index (χ3n) is 4.58. The Morgan fingerprint density at radius 1 is 1.24 bits per heavy atom. The van der Waals surface area contributed by atoms with Crippen LogP contribution in [0.2, 0.25) is 0 Å². The summed E-state index contributed by atoms with van der Waals surface area (Å²) in [4.78, 5) is 11.9. The molecule has 5 nitrogen and oxygen atoms in total. The Hall–Kier alpha value is -3.03. The first-order chi connectivity index (χ1) is 13.7. The summed E-state index contributed by atoms with van der Waals surface area (Å²) in [7, 11) is 0. The molecule has 154 valence electrons. The molecule has 0 saturated carbocycles. The first-order valence-corrected chi connectivity index (χ1v) is 9.25. The summed E-state index contributed by atoms with van der Waals surface area (Å²) in [6.07, 6.45) is 1.50. The first-order valence-electron chi connectivity index (χ1n) is 9.25. The summed E-state index contributed by atoms with van der Waals surface area (Å²) < 4.78 is 47.5. The molecule has 2 aromatic carbocycles. The van der Waals surface area contributed by atoms with Crippen molar-refractivity contribution in [2.75, 3.05) is 6.61 Å². The van der Waals surface area contributed by atoms with Crippen molar-refractivity contribution in [2.24, 2.45) is 0 Å². The monoisotopic (exact) mass is 405 g/mol. The number of carbonyl (C=O) groups is 1. The molecular formula is C21H22F3N3O2. The molecule has 2 atom stereocenters. The minimum absolute atomic E-state index is 0.401. The average Bonchev–Trinajstić information content (AvgIpc) is 3.05. The molecule has 8 heteroatoms. The lowest BCUT2D eigenvalue weighted by molar-refractivity contribution is -0.143. The van der Waals surface area contributed by atoms with Gasteiger partial charge in [-0.1, -0.05) is 12.1 Å². The number of fused-ring (bicyclic) bond motifs is 1. The molecule has 0 unspecified atom stereocenters. The van der Waals surface area contributed by atoms with Crippen LogP contribution in [-0.4, -0.2) is 34.3 Å². The number of rotatable bonds is 7.